The highest BCUT2D eigenvalue weighted by Crippen LogP contribution is 2.25. The van der Waals surface area contributed by atoms with Gasteiger partial charge in [-0.3, -0.25) is 4.79 Å². The molecule has 25 heavy (non-hydrogen) atoms. The van der Waals surface area contributed by atoms with E-state index in [2.05, 4.69) is 48.4 Å². The van der Waals surface area contributed by atoms with E-state index < -0.39 is 0 Å². The molecular weight excluding hydrogens is 338 g/mol. The maximum Gasteiger partial charge on any atom is 0.233 e. The van der Waals surface area contributed by atoms with Gasteiger partial charge < -0.3 is 15.9 Å². The highest BCUT2D eigenvalue weighted by atomic mass is 32.2. The molecule has 0 aliphatic heterocycles. The lowest BCUT2D eigenvalue weighted by molar-refractivity contribution is -0.119. The molecule has 2 aromatic rings. The monoisotopic (exact) mass is 363 g/mol. The molecule has 0 saturated carbocycles. The second-order valence-electron chi connectivity index (χ2n) is 6.71. The lowest BCUT2D eigenvalue weighted by atomic mass is 9.87. The van der Waals surface area contributed by atoms with E-state index >= 15 is 0 Å². The Morgan fingerprint density at radius 2 is 1.96 bits per heavy atom. The summed E-state index contributed by atoms with van der Waals surface area (Å²) in [6.45, 7) is 8.48. The number of carbonyl (C=O) groups is 1. The van der Waals surface area contributed by atoms with Crippen LogP contribution >= 0.6 is 11.8 Å². The van der Waals surface area contributed by atoms with E-state index in [-0.39, 0.29) is 23.2 Å². The number of hydrogen-bond acceptors (Lipinski definition) is 6. The average Bonchev–Trinajstić information content (AvgIpc) is 2.92. The molecule has 1 atom stereocenters. The van der Waals surface area contributed by atoms with Crippen molar-refractivity contribution in [3.63, 3.8) is 0 Å². The zero-order chi connectivity index (χ0) is 18.6. The smallest absolute Gasteiger partial charge is 0.233 e. The molecule has 136 valence electrons. The van der Waals surface area contributed by atoms with Crippen molar-refractivity contribution in [1.29, 1.82) is 0 Å². The number of thioether (sulfide) groups is 1. The van der Waals surface area contributed by atoms with Crippen LogP contribution in [0.2, 0.25) is 0 Å². The van der Waals surface area contributed by atoms with Crippen LogP contribution in [0.4, 0.5) is 0 Å². The summed E-state index contributed by atoms with van der Waals surface area (Å²) in [7, 11) is 1.59. The van der Waals surface area contributed by atoms with Gasteiger partial charge in [-0.15, -0.1) is 10.2 Å². The SMILES string of the molecule is CNC(=O)C(C)Sc1nnc(COc2ccc(C(C)(C)C)cc2)n1N. The molecule has 1 unspecified atom stereocenters. The minimum Gasteiger partial charge on any atom is -0.486 e. The maximum absolute atomic E-state index is 11.6. The van der Waals surface area contributed by atoms with E-state index in [9.17, 15) is 4.79 Å². The predicted molar refractivity (Wildman–Crippen MR) is 99.0 cm³/mol. The maximum atomic E-state index is 11.6. The van der Waals surface area contributed by atoms with Gasteiger partial charge in [0.2, 0.25) is 11.1 Å². The minimum atomic E-state index is -0.310. The Kier molecular flexibility index (Phi) is 5.94. The largest absolute Gasteiger partial charge is 0.486 e. The number of nitrogen functional groups attached to an aromatic ring is 1. The summed E-state index contributed by atoms with van der Waals surface area (Å²) in [5.74, 6) is 7.14. The van der Waals surface area contributed by atoms with Crippen molar-refractivity contribution in [1.82, 2.24) is 20.2 Å². The molecular formula is C17H25N5O2S. The minimum absolute atomic E-state index is 0.0928. The number of benzene rings is 1. The second kappa shape index (κ2) is 7.77. The fraction of sp³-hybridized carbons (Fsp3) is 0.471. The van der Waals surface area contributed by atoms with Gasteiger partial charge in [0.05, 0.1) is 5.25 Å². The molecule has 1 aromatic heterocycles. The number of nitrogens with two attached hydrogens (primary N) is 1. The lowest BCUT2D eigenvalue weighted by Crippen LogP contribution is -2.28. The molecule has 0 bridgehead atoms. The van der Waals surface area contributed by atoms with Gasteiger partial charge in [-0.1, -0.05) is 44.7 Å². The summed E-state index contributed by atoms with van der Waals surface area (Å²) in [5.41, 5.74) is 1.34. The van der Waals surface area contributed by atoms with Crippen molar-refractivity contribution < 1.29 is 9.53 Å². The number of hydrogen-bond donors (Lipinski definition) is 2. The molecule has 0 saturated heterocycles. The van der Waals surface area contributed by atoms with Crippen LogP contribution in [0.15, 0.2) is 29.4 Å². The van der Waals surface area contributed by atoms with E-state index in [4.69, 9.17) is 10.6 Å². The third-order valence-corrected chi connectivity index (χ3v) is 4.78. The highest BCUT2D eigenvalue weighted by Gasteiger charge is 2.18. The number of carbonyl (C=O) groups excluding carboxylic acids is 1. The number of ether oxygens (including phenoxy) is 1. The van der Waals surface area contributed by atoms with Gasteiger partial charge in [0.1, 0.15) is 12.4 Å². The standard InChI is InChI=1S/C17H25N5O2S/c1-11(15(23)19-5)25-16-21-20-14(22(16)18)10-24-13-8-6-12(7-9-13)17(2,3)4/h6-9,11H,10,18H2,1-5H3,(H,19,23). The normalized spacial score (nSPS) is 12.7. The van der Waals surface area contributed by atoms with Crippen molar-refractivity contribution in [3.05, 3.63) is 35.7 Å². The Morgan fingerprint density at radius 1 is 1.32 bits per heavy atom. The van der Waals surface area contributed by atoms with Gasteiger partial charge in [-0.2, -0.15) is 0 Å². The number of nitrogens with zero attached hydrogens (tertiary/aromatic N) is 3. The lowest BCUT2D eigenvalue weighted by Gasteiger charge is -2.19. The molecule has 0 radical (unpaired) electrons. The summed E-state index contributed by atoms with van der Waals surface area (Å²) in [5, 5.41) is 10.8. The molecule has 8 heteroatoms. The summed E-state index contributed by atoms with van der Waals surface area (Å²) in [6.07, 6.45) is 0. The van der Waals surface area contributed by atoms with Crippen LogP contribution in [0.25, 0.3) is 0 Å². The molecule has 0 aliphatic carbocycles. The van der Waals surface area contributed by atoms with Crippen molar-refractivity contribution in [2.75, 3.05) is 12.9 Å². The first kappa shape index (κ1) is 19.1. The van der Waals surface area contributed by atoms with Gasteiger partial charge in [0, 0.05) is 7.05 Å². The molecule has 3 N–H and O–H groups in total. The summed E-state index contributed by atoms with van der Waals surface area (Å²) in [4.78, 5) is 11.6. The summed E-state index contributed by atoms with van der Waals surface area (Å²) >= 11 is 1.25. The molecule has 1 heterocycles. The van der Waals surface area contributed by atoms with Crippen molar-refractivity contribution in [2.45, 2.75) is 50.1 Å². The van der Waals surface area contributed by atoms with Gasteiger partial charge in [-0.25, -0.2) is 4.68 Å². The van der Waals surface area contributed by atoms with Crippen molar-refractivity contribution in [3.8, 4) is 5.75 Å². The Hall–Kier alpha value is -2.22. The number of aromatic nitrogens is 3. The first-order valence-corrected chi connectivity index (χ1v) is 8.91. The fourth-order valence-electron chi connectivity index (χ4n) is 2.10. The van der Waals surface area contributed by atoms with E-state index in [1.54, 1.807) is 14.0 Å². The number of amides is 1. The van der Waals surface area contributed by atoms with Crippen molar-refractivity contribution in [2.24, 2.45) is 0 Å². The number of rotatable bonds is 6. The topological polar surface area (TPSA) is 95.1 Å². The van der Waals surface area contributed by atoms with Gasteiger partial charge >= 0.3 is 0 Å². The molecule has 7 nitrogen and oxygen atoms in total. The zero-order valence-electron chi connectivity index (χ0n) is 15.2. The third kappa shape index (κ3) is 4.88. The predicted octanol–water partition coefficient (Wildman–Crippen LogP) is 2.09. The van der Waals surface area contributed by atoms with Crippen LogP contribution in [-0.2, 0) is 16.8 Å². The first-order chi connectivity index (χ1) is 11.7. The van der Waals surface area contributed by atoms with E-state index in [1.165, 1.54) is 22.0 Å². The Balaban J connectivity index is 1.99. The van der Waals surface area contributed by atoms with Gasteiger partial charge in [0.15, 0.2) is 5.82 Å². The van der Waals surface area contributed by atoms with Crippen LogP contribution in [0.3, 0.4) is 0 Å². The van der Waals surface area contributed by atoms with Crippen LogP contribution in [0.5, 0.6) is 5.75 Å². The molecule has 0 fully saturated rings. The Bertz CT molecular complexity index is 722. The van der Waals surface area contributed by atoms with Crippen LogP contribution in [-0.4, -0.2) is 33.1 Å². The molecule has 0 aliphatic rings. The Labute approximate surface area is 152 Å². The summed E-state index contributed by atoms with van der Waals surface area (Å²) in [6, 6.07) is 7.96. The third-order valence-electron chi connectivity index (χ3n) is 3.72. The van der Waals surface area contributed by atoms with Crippen molar-refractivity contribution >= 4 is 17.7 Å². The quantitative estimate of drug-likeness (QED) is 0.603. The van der Waals surface area contributed by atoms with E-state index in [1.807, 2.05) is 12.1 Å². The van der Waals surface area contributed by atoms with E-state index in [0.29, 0.717) is 11.0 Å². The molecule has 0 spiro atoms. The average molecular weight is 363 g/mol. The highest BCUT2D eigenvalue weighted by molar-refractivity contribution is 8.00. The van der Waals surface area contributed by atoms with Gasteiger partial charge in [0.25, 0.3) is 0 Å². The Morgan fingerprint density at radius 3 is 2.52 bits per heavy atom. The van der Waals surface area contributed by atoms with Crippen LogP contribution in [0, 0.1) is 0 Å². The van der Waals surface area contributed by atoms with Gasteiger partial charge in [-0.05, 0) is 30.0 Å². The summed E-state index contributed by atoms with van der Waals surface area (Å²) < 4.78 is 7.09. The molecule has 1 aromatic carbocycles. The van der Waals surface area contributed by atoms with Crippen LogP contribution in [0.1, 0.15) is 39.1 Å². The second-order valence-corrected chi connectivity index (χ2v) is 8.01. The molecule has 1 amide bonds. The van der Waals surface area contributed by atoms with E-state index in [0.717, 1.165) is 5.75 Å². The first-order valence-electron chi connectivity index (χ1n) is 8.03. The van der Waals surface area contributed by atoms with Crippen LogP contribution < -0.4 is 15.9 Å². The number of nitrogens with one attached hydrogen (secondary N) is 1. The fourth-order valence-corrected chi connectivity index (χ4v) is 2.95. The zero-order valence-corrected chi connectivity index (χ0v) is 16.1. The molecule has 2 rings (SSSR count).